The molecule has 1 amide bonds. The molecule has 3 aromatic rings. The molecule has 0 aliphatic heterocycles. The lowest BCUT2D eigenvalue weighted by atomic mass is 9.98. The number of aromatic amines is 1. The highest BCUT2D eigenvalue weighted by Gasteiger charge is 2.35. The molecule has 2 aromatic carbocycles. The number of hydrogen-bond acceptors (Lipinski definition) is 4. The van der Waals surface area contributed by atoms with E-state index in [4.69, 9.17) is 4.74 Å². The van der Waals surface area contributed by atoms with Crippen molar-refractivity contribution in [2.45, 2.75) is 18.5 Å². The Kier molecular flexibility index (Phi) is 6.30. The molecule has 1 aliphatic rings. The Morgan fingerprint density at radius 3 is 2.36 bits per heavy atom. The molecule has 9 heteroatoms. The number of carbonyl (C=O) groups is 1. The van der Waals surface area contributed by atoms with E-state index in [1.165, 1.54) is 6.08 Å². The fourth-order valence-electron chi connectivity index (χ4n) is 3.90. The quantitative estimate of drug-likeness (QED) is 0.527. The second kappa shape index (κ2) is 9.32. The summed E-state index contributed by atoms with van der Waals surface area (Å²) in [5.41, 5.74) is 1.70. The van der Waals surface area contributed by atoms with E-state index in [0.29, 0.717) is 6.33 Å². The van der Waals surface area contributed by atoms with Crippen molar-refractivity contribution in [3.8, 4) is 11.1 Å². The molecule has 0 unspecified atom stereocenters. The molecule has 33 heavy (non-hydrogen) atoms. The van der Waals surface area contributed by atoms with Gasteiger partial charge in [-0.05, 0) is 28.7 Å². The molecule has 1 aliphatic carbocycles. The molecule has 170 valence electrons. The van der Waals surface area contributed by atoms with Gasteiger partial charge in [-0.1, -0.05) is 60.7 Å². The Bertz CT molecular complexity index is 1210. The van der Waals surface area contributed by atoms with Gasteiger partial charge in [0.2, 0.25) is 0 Å². The van der Waals surface area contributed by atoms with E-state index in [9.17, 15) is 22.8 Å². The highest BCUT2D eigenvalue weighted by Crippen LogP contribution is 2.44. The van der Waals surface area contributed by atoms with Crippen molar-refractivity contribution in [2.75, 3.05) is 13.2 Å². The zero-order valence-corrected chi connectivity index (χ0v) is 17.4. The molecular formula is C24H20F3N3O3. The first-order chi connectivity index (χ1) is 15.9. The zero-order chi connectivity index (χ0) is 23.4. The lowest BCUT2D eigenvalue weighted by Crippen LogP contribution is -2.26. The standard InChI is InChI=1S/C24H20F3N3O3/c25-24(26,27)21-19(22(31)30-14-29-21)11-5-6-12-28-23(32)33-13-20-17-9-3-1-7-15(17)16-8-2-4-10-18(16)20/h1-5,7-11,14,20H,6,12-13H2,(H,28,32)(H,29,30,31). The van der Waals surface area contributed by atoms with E-state index in [1.54, 1.807) is 0 Å². The second-order valence-corrected chi connectivity index (χ2v) is 7.44. The third-order valence-corrected chi connectivity index (χ3v) is 5.37. The number of H-pyrrole nitrogens is 1. The van der Waals surface area contributed by atoms with Crippen LogP contribution in [0.5, 0.6) is 0 Å². The van der Waals surface area contributed by atoms with Crippen LogP contribution in [0.4, 0.5) is 18.0 Å². The summed E-state index contributed by atoms with van der Waals surface area (Å²) in [6.07, 6.45) is -2.04. The molecule has 0 fully saturated rings. The van der Waals surface area contributed by atoms with Crippen molar-refractivity contribution in [1.29, 1.82) is 0 Å². The highest BCUT2D eigenvalue weighted by molar-refractivity contribution is 5.79. The number of nitrogens with one attached hydrogen (secondary N) is 2. The first kappa shape index (κ1) is 22.3. The van der Waals surface area contributed by atoms with Gasteiger partial charge in [-0.25, -0.2) is 9.78 Å². The Labute approximate surface area is 187 Å². The van der Waals surface area contributed by atoms with Crippen molar-refractivity contribution in [1.82, 2.24) is 15.3 Å². The molecule has 0 atom stereocenters. The van der Waals surface area contributed by atoms with Gasteiger partial charge in [0.25, 0.3) is 5.56 Å². The zero-order valence-electron chi connectivity index (χ0n) is 17.4. The van der Waals surface area contributed by atoms with Crippen LogP contribution in [0.2, 0.25) is 0 Å². The lowest BCUT2D eigenvalue weighted by Gasteiger charge is -2.14. The van der Waals surface area contributed by atoms with E-state index in [0.717, 1.165) is 28.3 Å². The Balaban J connectivity index is 1.31. The van der Waals surface area contributed by atoms with Crippen LogP contribution in [0, 0.1) is 0 Å². The molecule has 0 saturated carbocycles. The topological polar surface area (TPSA) is 84.1 Å². The molecule has 0 bridgehead atoms. The number of fused-ring (bicyclic) bond motifs is 3. The number of alkyl carbamates (subject to hydrolysis) is 1. The monoisotopic (exact) mass is 455 g/mol. The summed E-state index contributed by atoms with van der Waals surface area (Å²) >= 11 is 0. The van der Waals surface area contributed by atoms with Crippen molar-refractivity contribution in [3.05, 3.63) is 93.7 Å². The summed E-state index contributed by atoms with van der Waals surface area (Å²) in [7, 11) is 0. The van der Waals surface area contributed by atoms with Gasteiger partial charge in [-0.3, -0.25) is 4.79 Å². The number of halogens is 3. The number of hydrogen-bond donors (Lipinski definition) is 2. The number of aromatic nitrogens is 2. The minimum absolute atomic E-state index is 0.0684. The van der Waals surface area contributed by atoms with Gasteiger partial charge in [0.15, 0.2) is 5.69 Å². The van der Waals surface area contributed by atoms with Crippen LogP contribution in [0.3, 0.4) is 0 Å². The van der Waals surface area contributed by atoms with Crippen LogP contribution in [-0.2, 0) is 10.9 Å². The predicted octanol–water partition coefficient (Wildman–Crippen LogP) is 4.73. The van der Waals surface area contributed by atoms with Gasteiger partial charge in [-0.2, -0.15) is 13.2 Å². The largest absolute Gasteiger partial charge is 0.449 e. The molecule has 0 spiro atoms. The smallest absolute Gasteiger partial charge is 0.434 e. The fourth-order valence-corrected chi connectivity index (χ4v) is 3.90. The first-order valence-electron chi connectivity index (χ1n) is 10.3. The van der Waals surface area contributed by atoms with E-state index in [1.807, 2.05) is 48.5 Å². The molecule has 4 rings (SSSR count). The maximum absolute atomic E-state index is 13.0. The van der Waals surface area contributed by atoms with Crippen LogP contribution in [0.25, 0.3) is 17.2 Å². The van der Waals surface area contributed by atoms with Crippen LogP contribution >= 0.6 is 0 Å². The fraction of sp³-hybridized carbons (Fsp3) is 0.208. The summed E-state index contributed by atoms with van der Waals surface area (Å²) in [6.45, 7) is 0.294. The first-order valence-corrected chi connectivity index (χ1v) is 10.3. The number of benzene rings is 2. The Morgan fingerprint density at radius 2 is 1.73 bits per heavy atom. The van der Waals surface area contributed by atoms with E-state index >= 15 is 0 Å². The van der Waals surface area contributed by atoms with Crippen molar-refractivity contribution < 1.29 is 22.7 Å². The van der Waals surface area contributed by atoms with Crippen molar-refractivity contribution in [2.24, 2.45) is 0 Å². The molecular weight excluding hydrogens is 435 g/mol. The molecule has 6 nitrogen and oxygen atoms in total. The minimum Gasteiger partial charge on any atom is -0.449 e. The summed E-state index contributed by atoms with van der Waals surface area (Å²) in [5.74, 6) is -0.0684. The van der Waals surface area contributed by atoms with E-state index in [-0.39, 0.29) is 25.5 Å². The maximum atomic E-state index is 13.0. The number of rotatable bonds is 6. The summed E-state index contributed by atoms with van der Waals surface area (Å²) in [5, 5.41) is 2.56. The van der Waals surface area contributed by atoms with Crippen LogP contribution in [0.1, 0.15) is 34.7 Å². The second-order valence-electron chi connectivity index (χ2n) is 7.44. The van der Waals surface area contributed by atoms with Crippen LogP contribution < -0.4 is 10.9 Å². The average Bonchev–Trinajstić information content (AvgIpc) is 3.11. The van der Waals surface area contributed by atoms with Gasteiger partial charge in [0.05, 0.1) is 11.9 Å². The van der Waals surface area contributed by atoms with Gasteiger partial charge >= 0.3 is 12.3 Å². The van der Waals surface area contributed by atoms with Crippen molar-refractivity contribution >= 4 is 12.2 Å². The molecule has 1 aromatic heterocycles. The van der Waals surface area contributed by atoms with Gasteiger partial charge in [-0.15, -0.1) is 0 Å². The molecule has 2 N–H and O–H groups in total. The van der Waals surface area contributed by atoms with Crippen LogP contribution in [0.15, 0.2) is 65.7 Å². The van der Waals surface area contributed by atoms with Crippen LogP contribution in [-0.4, -0.2) is 29.2 Å². The molecule has 1 heterocycles. The van der Waals surface area contributed by atoms with E-state index < -0.39 is 29.1 Å². The van der Waals surface area contributed by atoms with Gasteiger partial charge < -0.3 is 15.0 Å². The molecule has 0 radical (unpaired) electrons. The Morgan fingerprint density at radius 1 is 1.09 bits per heavy atom. The van der Waals surface area contributed by atoms with Crippen molar-refractivity contribution in [3.63, 3.8) is 0 Å². The van der Waals surface area contributed by atoms with E-state index in [2.05, 4.69) is 15.3 Å². The summed E-state index contributed by atoms with van der Waals surface area (Å²) < 4.78 is 44.4. The number of nitrogens with zero attached hydrogens (tertiary/aromatic N) is 1. The Hall–Kier alpha value is -3.88. The highest BCUT2D eigenvalue weighted by atomic mass is 19.4. The third kappa shape index (κ3) is 4.82. The summed E-state index contributed by atoms with van der Waals surface area (Å²) in [4.78, 5) is 29.2. The average molecular weight is 455 g/mol. The SMILES string of the molecule is O=C(NCCC=Cc1c(C(F)(F)F)nc[nH]c1=O)OCC1c2ccccc2-c2ccccc21. The number of carbonyl (C=O) groups excluding carboxylic acids is 1. The minimum atomic E-state index is -4.74. The number of amides is 1. The van der Waals surface area contributed by atoms with Gasteiger partial charge in [0.1, 0.15) is 6.61 Å². The predicted molar refractivity (Wildman–Crippen MR) is 117 cm³/mol. The number of alkyl halides is 3. The molecule has 0 saturated heterocycles. The van der Waals surface area contributed by atoms with Gasteiger partial charge in [0, 0.05) is 12.5 Å². The maximum Gasteiger partial charge on any atom is 0.434 e. The lowest BCUT2D eigenvalue weighted by molar-refractivity contribution is -0.141. The summed E-state index contributed by atoms with van der Waals surface area (Å²) in [6, 6.07) is 15.9. The normalized spacial score (nSPS) is 13.1. The third-order valence-electron chi connectivity index (χ3n) is 5.37. The number of ether oxygens (including phenoxy) is 1.